The van der Waals surface area contributed by atoms with E-state index in [2.05, 4.69) is 19.9 Å². The van der Waals surface area contributed by atoms with Crippen molar-refractivity contribution in [3.8, 4) is 0 Å². The molecule has 0 radical (unpaired) electrons. The van der Waals surface area contributed by atoms with Crippen LogP contribution < -0.4 is 0 Å². The Morgan fingerprint density at radius 1 is 1.19 bits per heavy atom. The van der Waals surface area contributed by atoms with Crippen molar-refractivity contribution in [1.82, 2.24) is 4.90 Å². The predicted octanol–water partition coefficient (Wildman–Crippen LogP) is 3.81. The molecule has 4 nitrogen and oxygen atoms in total. The van der Waals surface area contributed by atoms with Crippen molar-refractivity contribution in [3.05, 3.63) is 12.2 Å². The van der Waals surface area contributed by atoms with Crippen LogP contribution in [-0.2, 0) is 14.3 Å². The second kappa shape index (κ2) is 6.10. The number of hydrogen-bond acceptors (Lipinski definition) is 3. The minimum Gasteiger partial charge on any atom is -0.469 e. The molecule has 0 aromatic heterocycles. The first-order valence-corrected chi connectivity index (χ1v) is 10.3. The number of amides is 1. The Morgan fingerprint density at radius 3 is 2.69 bits per heavy atom. The van der Waals surface area contributed by atoms with Crippen LogP contribution >= 0.6 is 0 Å². The summed E-state index contributed by atoms with van der Waals surface area (Å²) in [6.45, 7) is 4.83. The zero-order valence-electron chi connectivity index (χ0n) is 16.7. The van der Waals surface area contributed by atoms with Crippen molar-refractivity contribution in [2.75, 3.05) is 14.2 Å². The van der Waals surface area contributed by atoms with Gasteiger partial charge in [0.15, 0.2) is 0 Å². The molecule has 3 fully saturated rings. The van der Waals surface area contributed by atoms with Crippen molar-refractivity contribution in [3.63, 3.8) is 0 Å². The molecular formula is C22H33NO3. The Labute approximate surface area is 157 Å². The number of carbonyl (C=O) groups excluding carboxylic acids is 2. The van der Waals surface area contributed by atoms with Gasteiger partial charge in [-0.2, -0.15) is 0 Å². The minimum atomic E-state index is -0.0509. The first-order chi connectivity index (χ1) is 12.3. The number of carbonyl (C=O) groups is 2. The zero-order valence-corrected chi connectivity index (χ0v) is 16.7. The number of likely N-dealkylation sites (N-methyl/N-ethyl adjacent to an activating group) is 1. The van der Waals surface area contributed by atoms with Gasteiger partial charge < -0.3 is 9.64 Å². The Bertz CT molecular complexity index is 643. The molecule has 0 bridgehead atoms. The molecule has 3 aliphatic carbocycles. The average Bonchev–Trinajstić information content (AvgIpc) is 2.95. The van der Waals surface area contributed by atoms with Gasteiger partial charge in [-0.15, -0.1) is 0 Å². The summed E-state index contributed by atoms with van der Waals surface area (Å²) in [5.41, 5.74) is 0.381. The molecule has 2 unspecified atom stereocenters. The minimum absolute atomic E-state index is 0.0509. The smallest absolute Gasteiger partial charge is 0.305 e. The van der Waals surface area contributed by atoms with Crippen LogP contribution in [0.25, 0.3) is 0 Å². The van der Waals surface area contributed by atoms with E-state index in [1.807, 2.05) is 11.9 Å². The van der Waals surface area contributed by atoms with Crippen LogP contribution in [0, 0.1) is 34.5 Å². The summed E-state index contributed by atoms with van der Waals surface area (Å²) in [6.07, 6.45) is 11.8. The van der Waals surface area contributed by atoms with E-state index in [0.717, 1.165) is 18.8 Å². The van der Waals surface area contributed by atoms with Crippen molar-refractivity contribution < 1.29 is 14.3 Å². The summed E-state index contributed by atoms with van der Waals surface area (Å²) in [5, 5.41) is 0. The first-order valence-electron chi connectivity index (χ1n) is 10.3. The highest BCUT2D eigenvalue weighted by atomic mass is 16.5. The molecular weight excluding hydrogens is 326 g/mol. The van der Waals surface area contributed by atoms with Gasteiger partial charge in [-0.25, -0.2) is 0 Å². The number of hydrogen-bond donors (Lipinski definition) is 0. The van der Waals surface area contributed by atoms with Crippen LogP contribution in [-0.4, -0.2) is 37.0 Å². The second-order valence-corrected chi connectivity index (χ2v) is 9.72. The fraction of sp³-hybridized carbons (Fsp3) is 0.818. The SMILES string of the molecule is COC(=O)C[C@H]1CC[C@H]2C3CC[C@H]4N(C)C(=O)C=C[C@]4(C)C3CC[C@]12C. The van der Waals surface area contributed by atoms with Crippen molar-refractivity contribution in [1.29, 1.82) is 0 Å². The monoisotopic (exact) mass is 359 g/mol. The second-order valence-electron chi connectivity index (χ2n) is 9.72. The Morgan fingerprint density at radius 2 is 1.96 bits per heavy atom. The zero-order chi connectivity index (χ0) is 18.7. The van der Waals surface area contributed by atoms with Crippen LogP contribution in [0.15, 0.2) is 12.2 Å². The topological polar surface area (TPSA) is 46.6 Å². The largest absolute Gasteiger partial charge is 0.469 e. The standard InChI is InChI=1S/C22H33NO3/c1-21-11-9-17-15(16(21)7-5-14(21)13-20(25)26-4)6-8-18-22(17,2)12-10-19(24)23(18)3/h10,12,14-18H,5-9,11,13H2,1-4H3/t14-,15?,16+,17?,18-,21-,22-/m1/s1. The molecule has 0 saturated heterocycles. The molecule has 4 rings (SSSR count). The van der Waals surface area contributed by atoms with E-state index in [1.54, 1.807) is 6.08 Å². The lowest BCUT2D eigenvalue weighted by Crippen LogP contribution is -2.59. The van der Waals surface area contributed by atoms with E-state index in [-0.39, 0.29) is 22.7 Å². The molecule has 0 N–H and O–H groups in total. The molecule has 4 aliphatic rings. The van der Waals surface area contributed by atoms with Crippen molar-refractivity contribution >= 4 is 11.9 Å². The van der Waals surface area contributed by atoms with E-state index >= 15 is 0 Å². The maximum atomic E-state index is 12.2. The number of ether oxygens (including phenoxy) is 1. The molecule has 1 amide bonds. The summed E-state index contributed by atoms with van der Waals surface area (Å²) in [5.74, 6) is 2.67. The molecule has 3 saturated carbocycles. The van der Waals surface area contributed by atoms with E-state index in [4.69, 9.17) is 4.74 Å². The number of fused-ring (bicyclic) bond motifs is 5. The fourth-order valence-corrected chi connectivity index (χ4v) is 7.47. The van der Waals surface area contributed by atoms with Crippen LogP contribution in [0.3, 0.4) is 0 Å². The van der Waals surface area contributed by atoms with E-state index in [9.17, 15) is 9.59 Å². The fourth-order valence-electron chi connectivity index (χ4n) is 7.47. The lowest BCUT2D eigenvalue weighted by molar-refractivity contribution is -0.144. The maximum absolute atomic E-state index is 12.2. The quantitative estimate of drug-likeness (QED) is 0.705. The lowest BCUT2D eigenvalue weighted by Gasteiger charge is -2.60. The normalized spacial score (nSPS) is 47.2. The summed E-state index contributed by atoms with van der Waals surface area (Å²) < 4.78 is 4.97. The van der Waals surface area contributed by atoms with Crippen molar-refractivity contribution in [2.24, 2.45) is 34.5 Å². The highest BCUT2D eigenvalue weighted by Gasteiger charge is 2.60. The Kier molecular flexibility index (Phi) is 4.24. The highest BCUT2D eigenvalue weighted by Crippen LogP contribution is 2.65. The molecule has 0 aromatic carbocycles. The van der Waals surface area contributed by atoms with Gasteiger partial charge in [-0.1, -0.05) is 19.9 Å². The number of rotatable bonds is 2. The summed E-state index contributed by atoms with van der Waals surface area (Å²) in [4.78, 5) is 26.0. The third-order valence-electron chi connectivity index (χ3n) is 8.96. The number of nitrogens with zero attached hydrogens (tertiary/aromatic N) is 1. The van der Waals surface area contributed by atoms with E-state index in [1.165, 1.54) is 32.8 Å². The van der Waals surface area contributed by atoms with E-state index in [0.29, 0.717) is 30.2 Å². The molecule has 144 valence electrons. The third kappa shape index (κ3) is 2.40. The number of methoxy groups -OCH3 is 1. The highest BCUT2D eigenvalue weighted by molar-refractivity contribution is 5.89. The molecule has 0 aromatic rings. The number of esters is 1. The van der Waals surface area contributed by atoms with Gasteiger partial charge >= 0.3 is 5.97 Å². The van der Waals surface area contributed by atoms with Crippen LogP contribution in [0.1, 0.15) is 58.8 Å². The predicted molar refractivity (Wildman–Crippen MR) is 100 cm³/mol. The Hall–Kier alpha value is -1.32. The van der Waals surface area contributed by atoms with Crippen LogP contribution in [0.2, 0.25) is 0 Å². The molecule has 4 heteroatoms. The van der Waals surface area contributed by atoms with E-state index < -0.39 is 0 Å². The van der Waals surface area contributed by atoms with Crippen molar-refractivity contribution in [2.45, 2.75) is 64.8 Å². The summed E-state index contributed by atoms with van der Waals surface area (Å²) in [7, 11) is 3.48. The van der Waals surface area contributed by atoms with Gasteiger partial charge in [0.2, 0.25) is 5.91 Å². The van der Waals surface area contributed by atoms with Gasteiger partial charge in [0.25, 0.3) is 0 Å². The van der Waals surface area contributed by atoms with Gasteiger partial charge in [-0.05, 0) is 73.7 Å². The maximum Gasteiger partial charge on any atom is 0.305 e. The average molecular weight is 360 g/mol. The Balaban J connectivity index is 1.60. The van der Waals surface area contributed by atoms with Gasteiger partial charge in [0.05, 0.1) is 7.11 Å². The lowest BCUT2D eigenvalue weighted by atomic mass is 9.47. The molecule has 1 aliphatic heterocycles. The molecule has 0 spiro atoms. The van der Waals surface area contributed by atoms with Crippen LogP contribution in [0.5, 0.6) is 0 Å². The molecule has 7 atom stereocenters. The van der Waals surface area contributed by atoms with Gasteiger partial charge in [-0.3, -0.25) is 9.59 Å². The van der Waals surface area contributed by atoms with Crippen LogP contribution in [0.4, 0.5) is 0 Å². The summed E-state index contributed by atoms with van der Waals surface area (Å²) >= 11 is 0. The summed E-state index contributed by atoms with van der Waals surface area (Å²) in [6, 6.07) is 0.345. The molecule has 26 heavy (non-hydrogen) atoms. The van der Waals surface area contributed by atoms with Gasteiger partial charge in [0.1, 0.15) is 0 Å². The van der Waals surface area contributed by atoms with Gasteiger partial charge in [0, 0.05) is 24.9 Å². The third-order valence-corrected chi connectivity index (χ3v) is 8.96. The first kappa shape index (κ1) is 18.1. The molecule has 1 heterocycles.